The molecule has 0 radical (unpaired) electrons. The summed E-state index contributed by atoms with van der Waals surface area (Å²) >= 11 is 0. The molecule has 0 saturated carbocycles. The van der Waals surface area contributed by atoms with Crippen LogP contribution < -0.4 is 4.74 Å². The highest BCUT2D eigenvalue weighted by Crippen LogP contribution is 2.38. The highest BCUT2D eigenvalue weighted by molar-refractivity contribution is 5.36. The van der Waals surface area contributed by atoms with Gasteiger partial charge in [-0.1, -0.05) is 6.07 Å². The molecule has 7 heteroatoms. The van der Waals surface area contributed by atoms with Crippen LogP contribution in [-0.4, -0.2) is 31.8 Å². The van der Waals surface area contributed by atoms with Crippen molar-refractivity contribution in [3.8, 4) is 11.8 Å². The summed E-state index contributed by atoms with van der Waals surface area (Å²) in [5.74, 6) is -2.57. The highest BCUT2D eigenvalue weighted by Gasteiger charge is 2.61. The minimum absolute atomic E-state index is 0.138. The average Bonchev–Trinajstić information content (AvgIpc) is 2.86. The van der Waals surface area contributed by atoms with E-state index < -0.39 is 18.6 Å². The number of alkyl halides is 3. The summed E-state index contributed by atoms with van der Waals surface area (Å²) < 4.78 is 53.0. The maximum Gasteiger partial charge on any atom is 0.447 e. The molecule has 0 N–H and O–H groups in total. The first-order chi connectivity index (χ1) is 8.97. The first-order valence-corrected chi connectivity index (χ1v) is 5.44. The molecule has 0 aliphatic carbocycles. The Bertz CT molecular complexity index is 490. The molecule has 102 valence electrons. The maximum absolute atomic E-state index is 12.9. The zero-order valence-electron chi connectivity index (χ0n) is 9.74. The monoisotopic (exact) mass is 273 g/mol. The Hall–Kier alpha value is -1.78. The normalized spacial score (nSPS) is 18.0. The minimum atomic E-state index is -4.68. The number of ether oxygens (including phenoxy) is 3. The van der Waals surface area contributed by atoms with E-state index in [1.807, 2.05) is 6.07 Å². The van der Waals surface area contributed by atoms with Gasteiger partial charge in [0.25, 0.3) is 0 Å². The number of benzene rings is 1. The third kappa shape index (κ3) is 2.80. The second-order valence-corrected chi connectivity index (χ2v) is 3.88. The Morgan fingerprint density at radius 2 is 2.00 bits per heavy atom. The Balaban J connectivity index is 2.10. The first kappa shape index (κ1) is 13.6. The zero-order valence-corrected chi connectivity index (χ0v) is 9.74. The molecule has 4 nitrogen and oxygen atoms in total. The van der Waals surface area contributed by atoms with E-state index in [1.165, 1.54) is 24.3 Å². The van der Waals surface area contributed by atoms with Gasteiger partial charge < -0.3 is 14.2 Å². The third-order valence-corrected chi connectivity index (χ3v) is 2.58. The van der Waals surface area contributed by atoms with Gasteiger partial charge in [-0.2, -0.15) is 18.4 Å². The predicted octanol–water partition coefficient (Wildman–Crippen LogP) is 2.24. The van der Waals surface area contributed by atoms with Gasteiger partial charge in [-0.05, 0) is 18.2 Å². The topological polar surface area (TPSA) is 51.5 Å². The van der Waals surface area contributed by atoms with Crippen LogP contribution in [0.25, 0.3) is 0 Å². The molecule has 0 bridgehead atoms. The van der Waals surface area contributed by atoms with Gasteiger partial charge in [0.1, 0.15) is 5.75 Å². The van der Waals surface area contributed by atoms with Crippen LogP contribution in [-0.2, 0) is 9.47 Å². The number of nitrogens with zero attached hydrogens (tertiary/aromatic N) is 1. The van der Waals surface area contributed by atoms with Gasteiger partial charge in [0.05, 0.1) is 24.8 Å². The first-order valence-electron chi connectivity index (χ1n) is 5.44. The summed E-state index contributed by atoms with van der Waals surface area (Å²) in [5.41, 5.74) is 0.298. The van der Waals surface area contributed by atoms with E-state index in [1.54, 1.807) is 0 Å². The van der Waals surface area contributed by atoms with E-state index in [2.05, 4.69) is 9.47 Å². The summed E-state index contributed by atoms with van der Waals surface area (Å²) in [5, 5.41) is 8.69. The number of halogens is 3. The molecule has 0 unspecified atom stereocenters. The molecule has 0 aromatic heterocycles. The van der Waals surface area contributed by atoms with Crippen LogP contribution in [0.3, 0.4) is 0 Å². The molecule has 1 aliphatic heterocycles. The van der Waals surface area contributed by atoms with E-state index in [9.17, 15) is 13.2 Å². The summed E-state index contributed by atoms with van der Waals surface area (Å²) in [6.07, 6.45) is -4.68. The Morgan fingerprint density at radius 3 is 2.58 bits per heavy atom. The van der Waals surface area contributed by atoms with Crippen molar-refractivity contribution in [3.05, 3.63) is 29.8 Å². The van der Waals surface area contributed by atoms with Crippen molar-refractivity contribution >= 4 is 0 Å². The standard InChI is InChI=1S/C12H10F3NO3/c13-12(14,15)11(18-4-5-19-11)8-17-10-3-1-2-9(6-10)7-16/h1-3,6H,4-5,8H2. The molecular formula is C12H10F3NO3. The van der Waals surface area contributed by atoms with Crippen molar-refractivity contribution in [2.75, 3.05) is 19.8 Å². The van der Waals surface area contributed by atoms with Crippen molar-refractivity contribution in [1.29, 1.82) is 5.26 Å². The molecular weight excluding hydrogens is 263 g/mol. The number of rotatable bonds is 3. The summed E-state index contributed by atoms with van der Waals surface area (Å²) in [7, 11) is 0. The third-order valence-electron chi connectivity index (χ3n) is 2.58. The second-order valence-electron chi connectivity index (χ2n) is 3.88. The van der Waals surface area contributed by atoms with Crippen molar-refractivity contribution < 1.29 is 27.4 Å². The molecule has 19 heavy (non-hydrogen) atoms. The van der Waals surface area contributed by atoms with Crippen LogP contribution in [0.2, 0.25) is 0 Å². The number of hydrogen-bond acceptors (Lipinski definition) is 4. The van der Waals surface area contributed by atoms with E-state index >= 15 is 0 Å². The maximum atomic E-state index is 12.9. The smallest absolute Gasteiger partial charge is 0.447 e. The van der Waals surface area contributed by atoms with Crippen LogP contribution in [0.1, 0.15) is 5.56 Å². The summed E-state index contributed by atoms with van der Waals surface area (Å²) in [6, 6.07) is 7.72. The molecule has 0 spiro atoms. The SMILES string of the molecule is N#Cc1cccc(OCC2(C(F)(F)F)OCCO2)c1. The fourth-order valence-electron chi connectivity index (χ4n) is 1.62. The van der Waals surface area contributed by atoms with E-state index in [-0.39, 0.29) is 19.0 Å². The summed E-state index contributed by atoms with van der Waals surface area (Å²) in [4.78, 5) is 0. The van der Waals surface area contributed by atoms with Gasteiger partial charge in [-0.3, -0.25) is 0 Å². The second kappa shape index (κ2) is 5.07. The Kier molecular flexibility index (Phi) is 3.64. The summed E-state index contributed by atoms with van der Waals surface area (Å²) in [6.45, 7) is -1.09. The van der Waals surface area contributed by atoms with Crippen LogP contribution >= 0.6 is 0 Å². The quantitative estimate of drug-likeness (QED) is 0.847. The van der Waals surface area contributed by atoms with Crippen molar-refractivity contribution in [2.24, 2.45) is 0 Å². The fraction of sp³-hybridized carbons (Fsp3) is 0.417. The fourth-order valence-corrected chi connectivity index (χ4v) is 1.62. The molecule has 1 aromatic rings. The van der Waals surface area contributed by atoms with Crippen molar-refractivity contribution in [3.63, 3.8) is 0 Å². The number of nitriles is 1. The molecule has 0 amide bonds. The van der Waals surface area contributed by atoms with Gasteiger partial charge in [0, 0.05) is 0 Å². The minimum Gasteiger partial charge on any atom is -0.488 e. The van der Waals surface area contributed by atoms with Gasteiger partial charge in [0.2, 0.25) is 0 Å². The van der Waals surface area contributed by atoms with Gasteiger partial charge in [0.15, 0.2) is 6.61 Å². The molecule has 1 aliphatic rings. The van der Waals surface area contributed by atoms with Crippen molar-refractivity contribution in [2.45, 2.75) is 12.0 Å². The lowest BCUT2D eigenvalue weighted by Crippen LogP contribution is -2.51. The van der Waals surface area contributed by atoms with Crippen LogP contribution in [0, 0.1) is 11.3 Å². The molecule has 0 atom stereocenters. The van der Waals surface area contributed by atoms with Crippen LogP contribution in [0.5, 0.6) is 5.75 Å². The molecule has 1 aromatic carbocycles. The van der Waals surface area contributed by atoms with Gasteiger partial charge in [-0.25, -0.2) is 0 Å². The Morgan fingerprint density at radius 1 is 1.32 bits per heavy atom. The largest absolute Gasteiger partial charge is 0.488 e. The predicted molar refractivity (Wildman–Crippen MR) is 57.3 cm³/mol. The lowest BCUT2D eigenvalue weighted by molar-refractivity contribution is -0.350. The molecule has 1 fully saturated rings. The van der Waals surface area contributed by atoms with Crippen LogP contribution in [0.15, 0.2) is 24.3 Å². The van der Waals surface area contributed by atoms with E-state index in [4.69, 9.17) is 10.00 Å². The molecule has 1 saturated heterocycles. The lowest BCUT2D eigenvalue weighted by Gasteiger charge is -2.29. The molecule has 2 rings (SSSR count). The Labute approximate surface area is 107 Å². The van der Waals surface area contributed by atoms with E-state index in [0.29, 0.717) is 5.56 Å². The van der Waals surface area contributed by atoms with Crippen LogP contribution in [0.4, 0.5) is 13.2 Å². The lowest BCUT2D eigenvalue weighted by atomic mass is 10.2. The van der Waals surface area contributed by atoms with Gasteiger partial charge >= 0.3 is 12.0 Å². The average molecular weight is 273 g/mol. The highest BCUT2D eigenvalue weighted by atomic mass is 19.4. The van der Waals surface area contributed by atoms with E-state index in [0.717, 1.165) is 0 Å². The molecule has 1 heterocycles. The van der Waals surface area contributed by atoms with Gasteiger partial charge in [-0.15, -0.1) is 0 Å². The number of hydrogen-bond donors (Lipinski definition) is 0. The zero-order chi connectivity index (χ0) is 13.9. The van der Waals surface area contributed by atoms with Crippen molar-refractivity contribution in [1.82, 2.24) is 0 Å².